The van der Waals surface area contributed by atoms with Gasteiger partial charge in [0.15, 0.2) is 0 Å². The number of hydrogen-bond donors (Lipinski definition) is 1. The van der Waals surface area contributed by atoms with Crippen molar-refractivity contribution >= 4 is 23.3 Å². The maximum atomic E-state index is 13.2. The molecule has 0 bridgehead atoms. The summed E-state index contributed by atoms with van der Waals surface area (Å²) in [4.78, 5) is 15.1. The first kappa shape index (κ1) is 19.6. The number of amides is 2. The summed E-state index contributed by atoms with van der Waals surface area (Å²) in [7, 11) is 0. The van der Waals surface area contributed by atoms with Gasteiger partial charge < -0.3 is 14.8 Å². The van der Waals surface area contributed by atoms with Gasteiger partial charge in [0.05, 0.1) is 6.04 Å². The number of fused-ring (bicyclic) bond motifs is 1. The van der Waals surface area contributed by atoms with Crippen LogP contribution in [0, 0.1) is 0 Å². The number of nitrogens with zero attached hydrogens (tertiary/aromatic N) is 2. The van der Waals surface area contributed by atoms with E-state index in [9.17, 15) is 4.79 Å². The Bertz CT molecular complexity index is 1020. The minimum atomic E-state index is -0.132. The Balaban J connectivity index is 1.67. The molecule has 2 aromatic carbocycles. The molecule has 1 aromatic heterocycles. The Kier molecular flexibility index (Phi) is 5.13. The number of urea groups is 1. The van der Waals surface area contributed by atoms with Crippen molar-refractivity contribution in [3.8, 4) is 0 Å². The van der Waals surface area contributed by atoms with Crippen LogP contribution in [0.3, 0.4) is 0 Å². The van der Waals surface area contributed by atoms with Gasteiger partial charge in [-0.1, -0.05) is 62.7 Å². The zero-order valence-corrected chi connectivity index (χ0v) is 17.8. The Hall–Kier alpha value is -2.72. The lowest BCUT2D eigenvalue weighted by atomic mass is 9.86. The summed E-state index contributed by atoms with van der Waals surface area (Å²) in [6, 6.07) is 19.8. The molecule has 1 N–H and O–H groups in total. The fourth-order valence-corrected chi connectivity index (χ4v) is 4.07. The SMILES string of the molecule is CC(C)(C)c1ccc([C@H]2c3cccn3CCN2C(=O)Nc2cccc(Cl)c2)cc1. The molecule has 0 unspecified atom stereocenters. The van der Waals surface area contributed by atoms with Gasteiger partial charge in [-0.05, 0) is 46.9 Å². The van der Waals surface area contributed by atoms with Crippen molar-refractivity contribution in [2.45, 2.75) is 38.8 Å². The molecule has 1 atom stereocenters. The van der Waals surface area contributed by atoms with Crippen molar-refractivity contribution in [1.82, 2.24) is 9.47 Å². The summed E-state index contributed by atoms with van der Waals surface area (Å²) >= 11 is 6.07. The number of anilines is 1. The average Bonchev–Trinajstić information content (AvgIpc) is 3.15. The zero-order chi connectivity index (χ0) is 20.6. The highest BCUT2D eigenvalue weighted by Gasteiger charge is 2.32. The van der Waals surface area contributed by atoms with Crippen molar-refractivity contribution in [3.63, 3.8) is 0 Å². The van der Waals surface area contributed by atoms with Gasteiger partial charge in [-0.25, -0.2) is 4.79 Å². The third kappa shape index (κ3) is 4.03. The van der Waals surface area contributed by atoms with Crippen molar-refractivity contribution in [2.24, 2.45) is 0 Å². The molecule has 3 aromatic rings. The third-order valence-corrected chi connectivity index (χ3v) is 5.70. The fraction of sp³-hybridized carbons (Fsp3) is 0.292. The standard InChI is InChI=1S/C24H26ClN3O/c1-24(2,3)18-11-9-17(10-12-18)22-21-8-5-13-27(21)14-15-28(22)23(29)26-20-7-4-6-19(25)16-20/h4-13,16,22H,14-15H2,1-3H3,(H,26,29)/t22-/m0/s1. The summed E-state index contributed by atoms with van der Waals surface area (Å²) in [6.45, 7) is 8.04. The molecule has 0 radical (unpaired) electrons. The van der Waals surface area contributed by atoms with Crippen molar-refractivity contribution in [1.29, 1.82) is 0 Å². The van der Waals surface area contributed by atoms with Gasteiger partial charge in [-0.2, -0.15) is 0 Å². The molecule has 0 saturated heterocycles. The van der Waals surface area contributed by atoms with Crippen LogP contribution in [-0.4, -0.2) is 22.0 Å². The maximum Gasteiger partial charge on any atom is 0.322 e. The summed E-state index contributed by atoms with van der Waals surface area (Å²) < 4.78 is 2.23. The van der Waals surface area contributed by atoms with Crippen LogP contribution in [0.1, 0.15) is 43.6 Å². The van der Waals surface area contributed by atoms with Crippen LogP contribution >= 0.6 is 11.6 Å². The highest BCUT2D eigenvalue weighted by atomic mass is 35.5. The van der Waals surface area contributed by atoms with E-state index in [1.54, 1.807) is 12.1 Å². The van der Waals surface area contributed by atoms with Gasteiger partial charge in [0.2, 0.25) is 0 Å². The molecule has 0 spiro atoms. The van der Waals surface area contributed by atoms with E-state index >= 15 is 0 Å². The van der Waals surface area contributed by atoms with E-state index in [0.717, 1.165) is 17.8 Å². The lowest BCUT2D eigenvalue weighted by Gasteiger charge is -2.37. The summed E-state index contributed by atoms with van der Waals surface area (Å²) in [6.07, 6.45) is 2.08. The molecular formula is C24H26ClN3O. The van der Waals surface area contributed by atoms with Crippen LogP contribution in [0.15, 0.2) is 66.9 Å². The Labute approximate surface area is 177 Å². The molecule has 1 aliphatic heterocycles. The van der Waals surface area contributed by atoms with E-state index in [1.807, 2.05) is 23.1 Å². The highest BCUT2D eigenvalue weighted by Crippen LogP contribution is 2.34. The minimum absolute atomic E-state index is 0.0922. The highest BCUT2D eigenvalue weighted by molar-refractivity contribution is 6.30. The fourth-order valence-electron chi connectivity index (χ4n) is 3.88. The number of nitrogens with one attached hydrogen (secondary N) is 1. The maximum absolute atomic E-state index is 13.2. The van der Waals surface area contributed by atoms with E-state index < -0.39 is 0 Å². The summed E-state index contributed by atoms with van der Waals surface area (Å²) in [5, 5.41) is 3.61. The molecule has 4 nitrogen and oxygen atoms in total. The number of rotatable bonds is 2. The topological polar surface area (TPSA) is 37.3 Å². The molecule has 150 valence electrons. The third-order valence-electron chi connectivity index (χ3n) is 5.47. The number of benzene rings is 2. The number of carbonyl (C=O) groups is 1. The molecule has 29 heavy (non-hydrogen) atoms. The molecule has 0 saturated carbocycles. The van der Waals surface area contributed by atoms with Crippen LogP contribution in [0.2, 0.25) is 5.02 Å². The van der Waals surface area contributed by atoms with Crippen molar-refractivity contribution in [2.75, 3.05) is 11.9 Å². The normalized spacial score (nSPS) is 16.4. The first-order valence-electron chi connectivity index (χ1n) is 9.91. The van der Waals surface area contributed by atoms with Crippen molar-refractivity contribution in [3.05, 3.63) is 88.7 Å². The van der Waals surface area contributed by atoms with Gasteiger partial charge in [-0.3, -0.25) is 0 Å². The van der Waals surface area contributed by atoms with Crippen LogP contribution in [0.4, 0.5) is 10.5 Å². The van der Waals surface area contributed by atoms with Crippen LogP contribution in [-0.2, 0) is 12.0 Å². The van der Waals surface area contributed by atoms with E-state index in [1.165, 1.54) is 5.56 Å². The van der Waals surface area contributed by atoms with Crippen molar-refractivity contribution < 1.29 is 4.79 Å². The number of carbonyl (C=O) groups excluding carboxylic acids is 1. The lowest BCUT2D eigenvalue weighted by molar-refractivity contribution is 0.182. The first-order chi connectivity index (χ1) is 13.8. The zero-order valence-electron chi connectivity index (χ0n) is 17.0. The molecule has 5 heteroatoms. The number of halogens is 1. The second-order valence-electron chi connectivity index (χ2n) is 8.53. The van der Waals surface area contributed by atoms with E-state index in [-0.39, 0.29) is 17.5 Å². The molecule has 0 fully saturated rings. The predicted octanol–water partition coefficient (Wildman–Crippen LogP) is 6.08. The molecular weight excluding hydrogens is 382 g/mol. The van der Waals surface area contributed by atoms with Gasteiger partial charge in [0.1, 0.15) is 0 Å². The second-order valence-corrected chi connectivity index (χ2v) is 8.97. The van der Waals surface area contributed by atoms with E-state index in [2.05, 4.69) is 67.2 Å². The van der Waals surface area contributed by atoms with Gasteiger partial charge in [0, 0.05) is 35.7 Å². The summed E-state index contributed by atoms with van der Waals surface area (Å²) in [5.41, 5.74) is 4.31. The van der Waals surface area contributed by atoms with Crippen LogP contribution in [0.5, 0.6) is 0 Å². The smallest absolute Gasteiger partial charge is 0.322 e. The quantitative estimate of drug-likeness (QED) is 0.549. The van der Waals surface area contributed by atoms with Gasteiger partial charge in [-0.15, -0.1) is 0 Å². The Morgan fingerprint density at radius 2 is 1.79 bits per heavy atom. The summed E-state index contributed by atoms with van der Waals surface area (Å²) in [5.74, 6) is 0. The Morgan fingerprint density at radius 1 is 1.03 bits per heavy atom. The second kappa shape index (κ2) is 7.60. The first-order valence-corrected chi connectivity index (χ1v) is 10.3. The molecule has 1 aliphatic rings. The molecule has 2 amide bonds. The Morgan fingerprint density at radius 3 is 2.48 bits per heavy atom. The van der Waals surface area contributed by atoms with Crippen LogP contribution < -0.4 is 5.32 Å². The number of hydrogen-bond acceptors (Lipinski definition) is 1. The largest absolute Gasteiger partial charge is 0.348 e. The van der Waals surface area contributed by atoms with E-state index in [0.29, 0.717) is 17.3 Å². The molecule has 0 aliphatic carbocycles. The van der Waals surface area contributed by atoms with Gasteiger partial charge in [0.25, 0.3) is 0 Å². The monoisotopic (exact) mass is 407 g/mol. The lowest BCUT2D eigenvalue weighted by Crippen LogP contribution is -2.44. The number of aromatic nitrogens is 1. The average molecular weight is 408 g/mol. The van der Waals surface area contributed by atoms with Gasteiger partial charge >= 0.3 is 6.03 Å². The van der Waals surface area contributed by atoms with E-state index in [4.69, 9.17) is 11.6 Å². The molecule has 2 heterocycles. The molecule has 4 rings (SSSR count). The predicted molar refractivity (Wildman–Crippen MR) is 119 cm³/mol. The van der Waals surface area contributed by atoms with Crippen LogP contribution in [0.25, 0.3) is 0 Å². The minimum Gasteiger partial charge on any atom is -0.348 e.